The minimum absolute atomic E-state index is 0.00331. The first-order valence-corrected chi connectivity index (χ1v) is 13.2. The van der Waals surface area contributed by atoms with Crippen LogP contribution in [-0.4, -0.2) is 36.4 Å². The molecule has 1 aromatic heterocycles. The Morgan fingerprint density at radius 3 is 2.79 bits per heavy atom. The summed E-state index contributed by atoms with van der Waals surface area (Å²) in [6.07, 6.45) is 4.66. The smallest absolute Gasteiger partial charge is 0.197 e. The maximum atomic E-state index is 12.5. The Hall–Kier alpha value is -2.35. The van der Waals surface area contributed by atoms with Crippen molar-refractivity contribution in [1.29, 1.82) is 0 Å². The monoisotopic (exact) mass is 487 g/mol. The number of rotatable bonds is 8. The Labute approximate surface area is 200 Å². The fraction of sp³-hybridized carbons (Fsp3) is 0.400. The van der Waals surface area contributed by atoms with Crippen molar-refractivity contribution in [3.8, 4) is 5.75 Å². The summed E-state index contributed by atoms with van der Waals surface area (Å²) in [7, 11) is -1.64. The van der Waals surface area contributed by atoms with Gasteiger partial charge in [0.2, 0.25) is 0 Å². The summed E-state index contributed by atoms with van der Waals surface area (Å²) in [5.41, 5.74) is 10.2. The molecule has 2 unspecified atom stereocenters. The average Bonchev–Trinajstić information content (AvgIpc) is 3.13. The molecule has 0 fully saturated rings. The molecule has 2 N–H and O–H groups in total. The second kappa shape index (κ2) is 9.87. The molecule has 6 nitrogen and oxygen atoms in total. The summed E-state index contributed by atoms with van der Waals surface area (Å²) in [5.74, 6) is 1.59. The van der Waals surface area contributed by atoms with Crippen LogP contribution < -0.4 is 10.5 Å². The van der Waals surface area contributed by atoms with E-state index < -0.39 is 9.84 Å². The maximum Gasteiger partial charge on any atom is 0.197 e. The highest BCUT2D eigenvalue weighted by atomic mass is 35.5. The number of aromatic nitrogens is 2. The zero-order valence-corrected chi connectivity index (χ0v) is 20.6. The van der Waals surface area contributed by atoms with Crippen molar-refractivity contribution in [2.24, 2.45) is 12.8 Å². The third kappa shape index (κ3) is 5.60. The van der Waals surface area contributed by atoms with Crippen LogP contribution >= 0.6 is 11.6 Å². The molecule has 8 heteroatoms. The number of imidazole rings is 1. The summed E-state index contributed by atoms with van der Waals surface area (Å²) in [6, 6.07) is 14.1. The van der Waals surface area contributed by atoms with Crippen molar-refractivity contribution < 1.29 is 13.2 Å². The lowest BCUT2D eigenvalue weighted by Crippen LogP contribution is -2.34. The third-order valence-electron chi connectivity index (χ3n) is 6.36. The maximum absolute atomic E-state index is 12.5. The van der Waals surface area contributed by atoms with Crippen LogP contribution in [0.4, 0.5) is 0 Å². The fourth-order valence-electron chi connectivity index (χ4n) is 4.39. The molecule has 0 saturated heterocycles. The topological polar surface area (TPSA) is 87.2 Å². The molecule has 3 aromatic rings. The molecule has 1 aliphatic rings. The molecule has 0 spiro atoms. The number of hydrogen-bond donors (Lipinski definition) is 1. The van der Waals surface area contributed by atoms with E-state index in [2.05, 4.69) is 23.2 Å². The lowest BCUT2D eigenvalue weighted by atomic mass is 9.76. The summed E-state index contributed by atoms with van der Waals surface area (Å²) in [5, 5.41) is 0.846. The molecule has 0 radical (unpaired) electrons. The van der Waals surface area contributed by atoms with Gasteiger partial charge >= 0.3 is 0 Å². The summed E-state index contributed by atoms with van der Waals surface area (Å²) >= 11 is 6.18. The number of hydrogen-bond acceptors (Lipinski definition) is 5. The zero-order valence-electron chi connectivity index (χ0n) is 19.0. The van der Waals surface area contributed by atoms with E-state index in [1.807, 2.05) is 24.3 Å². The lowest BCUT2D eigenvalue weighted by molar-refractivity contribution is 0.316. The SMILES string of the molecule is Cc1nc(S(=O)(=O)CCCOc2ccc3c(c2)C(Cc2cccc(Cl)c2)C(N)CC3)cn1C. The van der Waals surface area contributed by atoms with Crippen LogP contribution in [0.2, 0.25) is 5.02 Å². The van der Waals surface area contributed by atoms with Gasteiger partial charge in [-0.15, -0.1) is 0 Å². The van der Waals surface area contributed by atoms with Gasteiger partial charge in [0.15, 0.2) is 14.9 Å². The highest BCUT2D eigenvalue weighted by Crippen LogP contribution is 2.36. The summed E-state index contributed by atoms with van der Waals surface area (Å²) in [6.45, 7) is 2.10. The average molecular weight is 488 g/mol. The van der Waals surface area contributed by atoms with E-state index in [0.717, 1.165) is 35.6 Å². The Balaban J connectivity index is 1.41. The van der Waals surface area contributed by atoms with Crippen LogP contribution in [0, 0.1) is 6.92 Å². The van der Waals surface area contributed by atoms with Gasteiger partial charge in [0.05, 0.1) is 12.4 Å². The second-order valence-corrected chi connectivity index (χ2v) is 11.3. The van der Waals surface area contributed by atoms with Crippen molar-refractivity contribution >= 4 is 21.4 Å². The molecular formula is C25H30ClN3O3S. The predicted molar refractivity (Wildman–Crippen MR) is 131 cm³/mol. The first-order chi connectivity index (χ1) is 15.7. The van der Waals surface area contributed by atoms with Gasteiger partial charge < -0.3 is 15.0 Å². The number of nitrogens with zero attached hydrogens (tertiary/aromatic N) is 2. The minimum atomic E-state index is -3.42. The van der Waals surface area contributed by atoms with Crippen LogP contribution in [0.1, 0.15) is 41.3 Å². The van der Waals surface area contributed by atoms with E-state index in [1.165, 1.54) is 11.1 Å². The van der Waals surface area contributed by atoms with Crippen molar-refractivity contribution in [3.05, 3.63) is 76.2 Å². The van der Waals surface area contributed by atoms with Gasteiger partial charge in [-0.05, 0) is 73.6 Å². The van der Waals surface area contributed by atoms with E-state index in [4.69, 9.17) is 22.1 Å². The van der Waals surface area contributed by atoms with E-state index in [-0.39, 0.29) is 22.7 Å². The molecule has 0 saturated carbocycles. The standard InChI is InChI=1S/C25H30ClN3O3S/c1-17-28-25(16-29(17)2)33(30,31)12-4-11-32-21-9-7-19-8-10-24(27)23(22(19)15-21)14-18-5-3-6-20(26)13-18/h3,5-7,9,13,15-16,23-24H,4,8,10-12,14,27H2,1-2H3. The number of sulfone groups is 1. The first kappa shape index (κ1) is 23.8. The van der Waals surface area contributed by atoms with Crippen molar-refractivity contribution in [1.82, 2.24) is 9.55 Å². The van der Waals surface area contributed by atoms with Crippen LogP contribution in [0.3, 0.4) is 0 Å². The number of halogens is 1. The molecule has 1 heterocycles. The zero-order chi connectivity index (χ0) is 23.6. The van der Waals surface area contributed by atoms with Crippen molar-refractivity contribution in [2.75, 3.05) is 12.4 Å². The second-order valence-electron chi connectivity index (χ2n) is 8.76. The summed E-state index contributed by atoms with van der Waals surface area (Å²) in [4.78, 5) is 4.14. The molecule has 1 aliphatic carbocycles. The van der Waals surface area contributed by atoms with Crippen LogP contribution in [0.5, 0.6) is 5.75 Å². The number of fused-ring (bicyclic) bond motifs is 1. The van der Waals surface area contributed by atoms with E-state index in [9.17, 15) is 8.42 Å². The Morgan fingerprint density at radius 2 is 2.06 bits per heavy atom. The quantitative estimate of drug-likeness (QED) is 0.480. The van der Waals surface area contributed by atoms with Gasteiger partial charge in [-0.1, -0.05) is 29.8 Å². The molecule has 4 rings (SSSR count). The molecule has 0 aliphatic heterocycles. The van der Waals surface area contributed by atoms with Gasteiger partial charge in [-0.2, -0.15) is 0 Å². The van der Waals surface area contributed by atoms with Gasteiger partial charge in [0.25, 0.3) is 0 Å². The minimum Gasteiger partial charge on any atom is -0.494 e. The van der Waals surface area contributed by atoms with Gasteiger partial charge in [0, 0.05) is 30.2 Å². The third-order valence-corrected chi connectivity index (χ3v) is 8.25. The number of ether oxygens (including phenoxy) is 1. The molecule has 0 amide bonds. The van der Waals surface area contributed by atoms with Gasteiger partial charge in [0.1, 0.15) is 11.6 Å². The van der Waals surface area contributed by atoms with E-state index in [0.29, 0.717) is 18.9 Å². The van der Waals surface area contributed by atoms with Crippen molar-refractivity contribution in [2.45, 2.75) is 49.6 Å². The normalized spacial score (nSPS) is 18.2. The molecular weight excluding hydrogens is 458 g/mol. The number of nitrogens with two attached hydrogens (primary N) is 1. The highest BCUT2D eigenvalue weighted by molar-refractivity contribution is 7.91. The fourth-order valence-corrected chi connectivity index (χ4v) is 5.90. The van der Waals surface area contributed by atoms with Gasteiger partial charge in [-0.3, -0.25) is 0 Å². The molecule has 176 valence electrons. The first-order valence-electron chi connectivity index (χ1n) is 11.2. The molecule has 0 bridgehead atoms. The van der Waals surface area contributed by atoms with E-state index in [1.54, 1.807) is 24.7 Å². The largest absolute Gasteiger partial charge is 0.494 e. The van der Waals surface area contributed by atoms with Crippen LogP contribution in [0.25, 0.3) is 0 Å². The van der Waals surface area contributed by atoms with Gasteiger partial charge in [-0.25, -0.2) is 13.4 Å². The number of aryl methyl sites for hydroxylation is 3. The molecule has 2 aromatic carbocycles. The Morgan fingerprint density at radius 1 is 1.24 bits per heavy atom. The molecule has 33 heavy (non-hydrogen) atoms. The Bertz CT molecular complexity index is 1220. The summed E-state index contributed by atoms with van der Waals surface area (Å²) < 4.78 is 32.7. The Kier molecular flexibility index (Phi) is 7.12. The van der Waals surface area contributed by atoms with Crippen molar-refractivity contribution in [3.63, 3.8) is 0 Å². The van der Waals surface area contributed by atoms with Crippen LogP contribution in [-0.2, 0) is 29.7 Å². The number of benzene rings is 2. The van der Waals surface area contributed by atoms with E-state index >= 15 is 0 Å². The highest BCUT2D eigenvalue weighted by Gasteiger charge is 2.28. The molecule has 2 atom stereocenters. The predicted octanol–water partition coefficient (Wildman–Crippen LogP) is 4.22. The lowest BCUT2D eigenvalue weighted by Gasteiger charge is -2.32. The van der Waals surface area contributed by atoms with Crippen LogP contribution in [0.15, 0.2) is 53.7 Å².